The Balaban J connectivity index is 2.00. The van der Waals surface area contributed by atoms with Gasteiger partial charge in [-0.15, -0.1) is 0 Å². The van der Waals surface area contributed by atoms with E-state index in [0.717, 1.165) is 22.5 Å². The lowest BCUT2D eigenvalue weighted by atomic mass is 9.90. The highest BCUT2D eigenvalue weighted by molar-refractivity contribution is 6.07. The molecule has 22 heavy (non-hydrogen) atoms. The molecule has 6 nitrogen and oxygen atoms in total. The fourth-order valence-corrected chi connectivity index (χ4v) is 3.00. The van der Waals surface area contributed by atoms with Crippen LogP contribution in [0, 0.1) is 5.92 Å². The van der Waals surface area contributed by atoms with Gasteiger partial charge in [0.1, 0.15) is 0 Å². The predicted octanol–water partition coefficient (Wildman–Crippen LogP) is 0.770. The van der Waals surface area contributed by atoms with Crippen LogP contribution in [-0.4, -0.2) is 48.3 Å². The third kappa shape index (κ3) is 2.39. The fourth-order valence-electron chi connectivity index (χ4n) is 3.00. The maximum absolute atomic E-state index is 11.7. The number of hydrogen-bond acceptors (Lipinski definition) is 4. The molecule has 1 unspecified atom stereocenters. The molecule has 6 heteroatoms. The van der Waals surface area contributed by atoms with Gasteiger partial charge < -0.3 is 10.0 Å². The third-order valence-electron chi connectivity index (χ3n) is 4.37. The summed E-state index contributed by atoms with van der Waals surface area (Å²) in [6, 6.07) is 5.83. The molecule has 1 aromatic carbocycles. The Bertz CT molecular complexity index is 669. The lowest BCUT2D eigenvalue weighted by Gasteiger charge is -2.29. The Hall–Kier alpha value is -2.21. The van der Waals surface area contributed by atoms with Crippen LogP contribution in [0.3, 0.4) is 0 Å². The highest BCUT2D eigenvalue weighted by Gasteiger charge is 2.29. The summed E-state index contributed by atoms with van der Waals surface area (Å²) in [5.74, 6) is -0.246. The number of nitrogens with zero attached hydrogens (tertiary/aromatic N) is 3. The summed E-state index contributed by atoms with van der Waals surface area (Å²) in [5.41, 5.74) is 3.65. The van der Waals surface area contributed by atoms with E-state index in [4.69, 9.17) is 0 Å². The summed E-state index contributed by atoms with van der Waals surface area (Å²) < 4.78 is 0. The lowest BCUT2D eigenvalue weighted by molar-refractivity contribution is -0.131. The number of amides is 2. The van der Waals surface area contributed by atoms with Crippen LogP contribution in [0.2, 0.25) is 0 Å². The number of hydrogen-bond donors (Lipinski definition) is 1. The molecule has 2 aliphatic heterocycles. The molecule has 0 fully saturated rings. The smallest absolute Gasteiger partial charge is 0.243 e. The maximum atomic E-state index is 11.7. The summed E-state index contributed by atoms with van der Waals surface area (Å²) in [4.78, 5) is 25.1. The number of carbonyl (C=O) groups excluding carboxylic acids is 2. The van der Waals surface area contributed by atoms with Crippen molar-refractivity contribution in [2.24, 2.45) is 11.0 Å². The quantitative estimate of drug-likeness (QED) is 0.877. The molecule has 0 saturated carbocycles. The van der Waals surface area contributed by atoms with Crippen LogP contribution in [0.25, 0.3) is 0 Å². The molecule has 0 aliphatic carbocycles. The van der Waals surface area contributed by atoms with E-state index in [0.29, 0.717) is 12.8 Å². The molecule has 0 saturated heterocycles. The number of anilines is 1. The van der Waals surface area contributed by atoms with Crippen LogP contribution in [0.5, 0.6) is 0 Å². The largest absolute Gasteiger partial charge is 0.396 e. The van der Waals surface area contributed by atoms with Gasteiger partial charge in [0, 0.05) is 38.5 Å². The standard InChI is InChI=1S/C16H19N3O3/c1-18-13-5-3-11(7-10(13)4-6-14(18)21)16-12(9-20)8-15(22)19(2)17-16/h3,5,7,12,20H,4,6,8-9H2,1-2H3. The van der Waals surface area contributed by atoms with Gasteiger partial charge in [-0.25, -0.2) is 5.01 Å². The second kappa shape index (κ2) is 5.53. The van der Waals surface area contributed by atoms with Gasteiger partial charge in [-0.05, 0) is 29.7 Å². The third-order valence-corrected chi connectivity index (χ3v) is 4.37. The normalized spacial score (nSPS) is 21.8. The Morgan fingerprint density at radius 3 is 2.73 bits per heavy atom. The Morgan fingerprint density at radius 1 is 1.23 bits per heavy atom. The minimum absolute atomic E-state index is 0.0916. The molecule has 0 aromatic heterocycles. The molecule has 0 spiro atoms. The van der Waals surface area contributed by atoms with Gasteiger partial charge in [-0.3, -0.25) is 9.59 Å². The number of carbonyl (C=O) groups is 2. The molecule has 2 heterocycles. The van der Waals surface area contributed by atoms with Gasteiger partial charge in [0.05, 0.1) is 12.3 Å². The molecule has 2 amide bonds. The number of fused-ring (bicyclic) bond motifs is 1. The first kappa shape index (κ1) is 14.7. The van der Waals surface area contributed by atoms with Crippen molar-refractivity contribution in [3.05, 3.63) is 29.3 Å². The van der Waals surface area contributed by atoms with Crippen LogP contribution < -0.4 is 4.90 Å². The molecule has 1 atom stereocenters. The van der Waals surface area contributed by atoms with Gasteiger partial charge in [-0.1, -0.05) is 6.07 Å². The molecule has 1 N–H and O–H groups in total. The number of rotatable bonds is 2. The highest BCUT2D eigenvalue weighted by Crippen LogP contribution is 2.29. The van der Waals surface area contributed by atoms with Gasteiger partial charge in [-0.2, -0.15) is 5.10 Å². The summed E-state index contributed by atoms with van der Waals surface area (Å²) in [5, 5.41) is 15.2. The average Bonchev–Trinajstić information content (AvgIpc) is 2.53. The predicted molar refractivity (Wildman–Crippen MR) is 82.7 cm³/mol. The summed E-state index contributed by atoms with van der Waals surface area (Å²) >= 11 is 0. The van der Waals surface area contributed by atoms with E-state index in [-0.39, 0.29) is 30.8 Å². The van der Waals surface area contributed by atoms with Crippen LogP contribution >= 0.6 is 0 Å². The summed E-state index contributed by atoms with van der Waals surface area (Å²) in [6.45, 7) is -0.103. The minimum atomic E-state index is -0.273. The van der Waals surface area contributed by atoms with Crippen molar-refractivity contribution in [2.75, 3.05) is 25.6 Å². The number of aliphatic hydroxyl groups is 1. The fraction of sp³-hybridized carbons (Fsp3) is 0.438. The van der Waals surface area contributed by atoms with Crippen molar-refractivity contribution in [2.45, 2.75) is 19.3 Å². The Kier molecular flexibility index (Phi) is 3.70. The zero-order valence-electron chi connectivity index (χ0n) is 12.7. The molecule has 0 radical (unpaired) electrons. The lowest BCUT2D eigenvalue weighted by Crippen LogP contribution is -2.36. The Morgan fingerprint density at radius 2 is 2.00 bits per heavy atom. The van der Waals surface area contributed by atoms with Crippen molar-refractivity contribution in [3.63, 3.8) is 0 Å². The maximum Gasteiger partial charge on any atom is 0.243 e. The highest BCUT2D eigenvalue weighted by atomic mass is 16.3. The number of aliphatic hydroxyl groups excluding tert-OH is 1. The van der Waals surface area contributed by atoms with E-state index in [2.05, 4.69) is 5.10 Å². The second-order valence-corrected chi connectivity index (χ2v) is 5.78. The number of aryl methyl sites for hydroxylation is 1. The van der Waals surface area contributed by atoms with E-state index in [9.17, 15) is 14.7 Å². The zero-order chi connectivity index (χ0) is 15.9. The van der Waals surface area contributed by atoms with Crippen molar-refractivity contribution < 1.29 is 14.7 Å². The first-order chi connectivity index (χ1) is 10.5. The van der Waals surface area contributed by atoms with E-state index in [1.165, 1.54) is 5.01 Å². The minimum Gasteiger partial charge on any atom is -0.396 e. The second-order valence-electron chi connectivity index (χ2n) is 5.78. The van der Waals surface area contributed by atoms with Crippen LogP contribution in [0.1, 0.15) is 24.0 Å². The van der Waals surface area contributed by atoms with E-state index >= 15 is 0 Å². The van der Waals surface area contributed by atoms with Crippen LogP contribution in [0.15, 0.2) is 23.3 Å². The van der Waals surface area contributed by atoms with Crippen LogP contribution in [0.4, 0.5) is 5.69 Å². The van der Waals surface area contributed by atoms with Gasteiger partial charge in [0.2, 0.25) is 11.8 Å². The molecule has 3 rings (SSSR count). The molecular weight excluding hydrogens is 282 g/mol. The topological polar surface area (TPSA) is 73.2 Å². The van der Waals surface area contributed by atoms with Crippen molar-refractivity contribution in [1.82, 2.24) is 5.01 Å². The summed E-state index contributed by atoms with van der Waals surface area (Å²) in [7, 11) is 3.40. The van der Waals surface area contributed by atoms with E-state index < -0.39 is 0 Å². The monoisotopic (exact) mass is 301 g/mol. The van der Waals surface area contributed by atoms with E-state index in [1.54, 1.807) is 19.0 Å². The SMILES string of the molecule is CN1N=C(c2ccc3c(c2)CCC(=O)N3C)C(CO)CC1=O. The first-order valence-electron chi connectivity index (χ1n) is 7.37. The van der Waals surface area contributed by atoms with Crippen molar-refractivity contribution >= 4 is 23.2 Å². The molecule has 2 aliphatic rings. The molecule has 1 aromatic rings. The van der Waals surface area contributed by atoms with Gasteiger partial charge in [0.15, 0.2) is 0 Å². The molecule has 116 valence electrons. The van der Waals surface area contributed by atoms with Gasteiger partial charge in [0.25, 0.3) is 0 Å². The van der Waals surface area contributed by atoms with Crippen molar-refractivity contribution in [1.29, 1.82) is 0 Å². The van der Waals surface area contributed by atoms with Crippen LogP contribution in [-0.2, 0) is 16.0 Å². The van der Waals surface area contributed by atoms with E-state index in [1.807, 2.05) is 18.2 Å². The number of benzene rings is 1. The summed E-state index contributed by atoms with van der Waals surface area (Å²) in [6.07, 6.45) is 1.47. The first-order valence-corrected chi connectivity index (χ1v) is 7.37. The Labute approximate surface area is 129 Å². The number of hydrazone groups is 1. The molecule has 0 bridgehead atoms. The van der Waals surface area contributed by atoms with Crippen molar-refractivity contribution in [3.8, 4) is 0 Å². The zero-order valence-corrected chi connectivity index (χ0v) is 12.7. The van der Waals surface area contributed by atoms with Gasteiger partial charge >= 0.3 is 0 Å². The average molecular weight is 301 g/mol. The molecular formula is C16H19N3O3.